The van der Waals surface area contributed by atoms with Crippen LogP contribution in [0.5, 0.6) is 17.4 Å². The van der Waals surface area contributed by atoms with E-state index in [4.69, 9.17) is 4.74 Å². The van der Waals surface area contributed by atoms with Gasteiger partial charge in [0.25, 0.3) is 5.56 Å². The average molecular weight is 262 g/mol. The SMILES string of the molecule is CCn1c(Oc2ccc(O)cc2)c(C)c(=O)[nH]c1=O. The number of nitrogens with zero attached hydrogens (tertiary/aromatic N) is 1. The third-order valence-electron chi connectivity index (χ3n) is 2.74. The largest absolute Gasteiger partial charge is 0.508 e. The van der Waals surface area contributed by atoms with Gasteiger partial charge in [-0.2, -0.15) is 0 Å². The predicted octanol–water partition coefficient (Wildman–Crippen LogP) is 1.36. The number of hydrogen-bond donors (Lipinski definition) is 2. The van der Waals surface area contributed by atoms with E-state index in [2.05, 4.69) is 4.98 Å². The van der Waals surface area contributed by atoms with Gasteiger partial charge in [-0.05, 0) is 38.1 Å². The number of rotatable bonds is 3. The fraction of sp³-hybridized carbons (Fsp3) is 0.231. The first-order valence-electron chi connectivity index (χ1n) is 5.83. The molecule has 100 valence electrons. The highest BCUT2D eigenvalue weighted by Crippen LogP contribution is 2.23. The van der Waals surface area contributed by atoms with Crippen LogP contribution in [-0.2, 0) is 6.54 Å². The molecule has 0 saturated carbocycles. The van der Waals surface area contributed by atoms with E-state index in [-0.39, 0.29) is 11.6 Å². The predicted molar refractivity (Wildman–Crippen MR) is 69.9 cm³/mol. The molecule has 2 aromatic rings. The van der Waals surface area contributed by atoms with Crippen LogP contribution >= 0.6 is 0 Å². The zero-order valence-corrected chi connectivity index (χ0v) is 10.6. The molecule has 0 aliphatic rings. The Bertz CT molecular complexity index is 698. The highest BCUT2D eigenvalue weighted by molar-refractivity contribution is 5.34. The molecule has 0 radical (unpaired) electrons. The zero-order chi connectivity index (χ0) is 14.0. The van der Waals surface area contributed by atoms with Gasteiger partial charge in [0.15, 0.2) is 0 Å². The number of H-pyrrole nitrogens is 1. The molecule has 1 heterocycles. The summed E-state index contributed by atoms with van der Waals surface area (Å²) in [4.78, 5) is 25.5. The van der Waals surface area contributed by atoms with Crippen LogP contribution in [-0.4, -0.2) is 14.7 Å². The Balaban J connectivity index is 2.52. The monoisotopic (exact) mass is 262 g/mol. The van der Waals surface area contributed by atoms with E-state index >= 15 is 0 Å². The standard InChI is InChI=1S/C13H14N2O4/c1-3-15-12(8(2)11(17)14-13(15)18)19-10-6-4-9(16)5-7-10/h4-7,16H,3H2,1-2H3,(H,14,17,18). The van der Waals surface area contributed by atoms with Crippen LogP contribution in [0.1, 0.15) is 12.5 Å². The molecule has 0 aliphatic carbocycles. The van der Waals surface area contributed by atoms with Crippen molar-refractivity contribution in [2.45, 2.75) is 20.4 Å². The van der Waals surface area contributed by atoms with Crippen molar-refractivity contribution in [2.24, 2.45) is 0 Å². The molecule has 19 heavy (non-hydrogen) atoms. The number of aromatic hydroxyl groups is 1. The van der Waals surface area contributed by atoms with Crippen molar-refractivity contribution < 1.29 is 9.84 Å². The van der Waals surface area contributed by atoms with Crippen LogP contribution in [0.2, 0.25) is 0 Å². The summed E-state index contributed by atoms with van der Waals surface area (Å²) in [7, 11) is 0. The van der Waals surface area contributed by atoms with Crippen LogP contribution in [0.3, 0.4) is 0 Å². The van der Waals surface area contributed by atoms with Crippen molar-refractivity contribution >= 4 is 0 Å². The quantitative estimate of drug-likeness (QED) is 0.874. The molecule has 0 aliphatic heterocycles. The maximum atomic E-state index is 11.7. The van der Waals surface area contributed by atoms with Gasteiger partial charge in [-0.1, -0.05) is 0 Å². The number of hydrogen-bond acceptors (Lipinski definition) is 4. The summed E-state index contributed by atoms with van der Waals surface area (Å²) in [6.45, 7) is 3.74. The van der Waals surface area contributed by atoms with E-state index in [1.807, 2.05) is 0 Å². The van der Waals surface area contributed by atoms with E-state index in [9.17, 15) is 14.7 Å². The van der Waals surface area contributed by atoms with Gasteiger partial charge >= 0.3 is 5.69 Å². The minimum absolute atomic E-state index is 0.114. The van der Waals surface area contributed by atoms with E-state index < -0.39 is 11.2 Å². The van der Waals surface area contributed by atoms with Crippen molar-refractivity contribution in [3.8, 4) is 17.4 Å². The molecular formula is C13H14N2O4. The Hall–Kier alpha value is -2.50. The third-order valence-corrected chi connectivity index (χ3v) is 2.74. The molecule has 0 amide bonds. The molecule has 2 N–H and O–H groups in total. The summed E-state index contributed by atoms with van der Waals surface area (Å²) in [5.41, 5.74) is -0.648. The molecule has 0 fully saturated rings. The number of nitrogens with one attached hydrogen (secondary N) is 1. The summed E-state index contributed by atoms with van der Waals surface area (Å²) >= 11 is 0. The Morgan fingerprint density at radius 2 is 1.89 bits per heavy atom. The van der Waals surface area contributed by atoms with E-state index in [0.717, 1.165) is 0 Å². The molecule has 0 bridgehead atoms. The van der Waals surface area contributed by atoms with E-state index in [0.29, 0.717) is 17.9 Å². The lowest BCUT2D eigenvalue weighted by molar-refractivity contribution is 0.411. The maximum absolute atomic E-state index is 11.7. The molecule has 0 unspecified atom stereocenters. The summed E-state index contributed by atoms with van der Waals surface area (Å²) in [6, 6.07) is 6.04. The summed E-state index contributed by atoms with van der Waals surface area (Å²) in [6.07, 6.45) is 0. The fourth-order valence-corrected chi connectivity index (χ4v) is 1.69. The number of benzene rings is 1. The van der Waals surface area contributed by atoms with E-state index in [1.165, 1.54) is 16.7 Å². The van der Waals surface area contributed by atoms with Gasteiger partial charge in [-0.25, -0.2) is 4.79 Å². The second kappa shape index (κ2) is 5.01. The minimum atomic E-state index is -0.508. The second-order valence-corrected chi connectivity index (χ2v) is 4.03. The molecular weight excluding hydrogens is 248 g/mol. The van der Waals surface area contributed by atoms with Crippen molar-refractivity contribution in [1.29, 1.82) is 0 Å². The lowest BCUT2D eigenvalue weighted by atomic mass is 10.3. The van der Waals surface area contributed by atoms with Gasteiger partial charge in [0, 0.05) is 6.54 Å². The van der Waals surface area contributed by atoms with Crippen molar-refractivity contribution in [3.05, 3.63) is 50.7 Å². The van der Waals surface area contributed by atoms with Crippen molar-refractivity contribution in [2.75, 3.05) is 0 Å². The topological polar surface area (TPSA) is 84.3 Å². The highest BCUT2D eigenvalue weighted by atomic mass is 16.5. The van der Waals surface area contributed by atoms with Crippen molar-refractivity contribution in [1.82, 2.24) is 9.55 Å². The Morgan fingerprint density at radius 3 is 2.47 bits per heavy atom. The van der Waals surface area contributed by atoms with Gasteiger partial charge in [0.05, 0.1) is 5.56 Å². The number of aromatic amines is 1. The first kappa shape index (κ1) is 12.9. The first-order chi connectivity index (χ1) is 9.02. The van der Waals surface area contributed by atoms with Crippen LogP contribution in [0.4, 0.5) is 0 Å². The molecule has 2 rings (SSSR count). The fourth-order valence-electron chi connectivity index (χ4n) is 1.69. The molecule has 1 aromatic heterocycles. The molecule has 0 atom stereocenters. The van der Waals surface area contributed by atoms with Crippen LogP contribution < -0.4 is 16.0 Å². The smallest absolute Gasteiger partial charge is 0.331 e. The van der Waals surface area contributed by atoms with Crippen LogP contribution in [0, 0.1) is 6.92 Å². The van der Waals surface area contributed by atoms with Crippen molar-refractivity contribution in [3.63, 3.8) is 0 Å². The number of ether oxygens (including phenoxy) is 1. The zero-order valence-electron chi connectivity index (χ0n) is 10.6. The van der Waals surface area contributed by atoms with Gasteiger partial charge in [0.1, 0.15) is 11.5 Å². The third kappa shape index (κ3) is 2.52. The first-order valence-corrected chi connectivity index (χ1v) is 5.83. The second-order valence-electron chi connectivity index (χ2n) is 4.03. The summed E-state index contributed by atoms with van der Waals surface area (Å²) in [5, 5.41) is 9.20. The molecule has 6 nitrogen and oxygen atoms in total. The van der Waals surface area contributed by atoms with Gasteiger partial charge in [-0.15, -0.1) is 0 Å². The van der Waals surface area contributed by atoms with E-state index in [1.54, 1.807) is 26.0 Å². The normalized spacial score (nSPS) is 10.4. The Labute approximate surface area is 108 Å². The van der Waals surface area contributed by atoms with Gasteiger partial charge < -0.3 is 9.84 Å². The average Bonchev–Trinajstić information content (AvgIpc) is 2.38. The Kier molecular flexibility index (Phi) is 3.41. The minimum Gasteiger partial charge on any atom is -0.508 e. The number of phenols is 1. The summed E-state index contributed by atoms with van der Waals surface area (Å²) < 4.78 is 6.92. The van der Waals surface area contributed by atoms with Gasteiger partial charge in [-0.3, -0.25) is 14.3 Å². The van der Waals surface area contributed by atoms with Crippen LogP contribution in [0.25, 0.3) is 0 Å². The molecule has 0 spiro atoms. The number of phenolic OH excluding ortho intramolecular Hbond substituents is 1. The number of aromatic nitrogens is 2. The lowest BCUT2D eigenvalue weighted by Gasteiger charge is -2.13. The maximum Gasteiger partial charge on any atom is 0.331 e. The lowest BCUT2D eigenvalue weighted by Crippen LogP contribution is -2.31. The van der Waals surface area contributed by atoms with Crippen LogP contribution in [0.15, 0.2) is 33.9 Å². The highest BCUT2D eigenvalue weighted by Gasteiger charge is 2.12. The summed E-state index contributed by atoms with van der Waals surface area (Å²) in [5.74, 6) is 0.762. The molecule has 1 aromatic carbocycles. The van der Waals surface area contributed by atoms with Gasteiger partial charge in [0.2, 0.25) is 5.88 Å². The molecule has 0 saturated heterocycles. The Morgan fingerprint density at radius 1 is 1.26 bits per heavy atom. The molecule has 6 heteroatoms.